The van der Waals surface area contributed by atoms with Crippen LogP contribution in [0.1, 0.15) is 60.0 Å². The Morgan fingerprint density at radius 2 is 2.08 bits per heavy atom. The summed E-state index contributed by atoms with van der Waals surface area (Å²) < 4.78 is 10.2. The highest BCUT2D eigenvalue weighted by Crippen LogP contribution is 2.40. The van der Waals surface area contributed by atoms with Crippen molar-refractivity contribution in [3.05, 3.63) is 53.4 Å². The molecule has 0 bridgehead atoms. The summed E-state index contributed by atoms with van der Waals surface area (Å²) in [6, 6.07) is 10.5. The van der Waals surface area contributed by atoms with Crippen molar-refractivity contribution in [1.29, 1.82) is 0 Å². The minimum Gasteiger partial charge on any atom is -0.466 e. The van der Waals surface area contributed by atoms with Gasteiger partial charge in [0, 0.05) is 12.0 Å². The quantitative estimate of drug-likeness (QED) is 0.790. The van der Waals surface area contributed by atoms with E-state index in [2.05, 4.69) is 10.5 Å². The van der Waals surface area contributed by atoms with Crippen LogP contribution in [0.25, 0.3) is 0 Å². The fraction of sp³-hybridized carbons (Fsp3) is 0.389. The fourth-order valence-corrected chi connectivity index (χ4v) is 2.51. The molecule has 6 nitrogen and oxygen atoms in total. The maximum absolute atomic E-state index is 12.4. The molecule has 6 heteroatoms. The van der Waals surface area contributed by atoms with E-state index in [4.69, 9.17) is 9.26 Å². The maximum Gasteiger partial charge on any atom is 0.308 e. The van der Waals surface area contributed by atoms with Gasteiger partial charge < -0.3 is 14.6 Å². The van der Waals surface area contributed by atoms with Crippen molar-refractivity contribution >= 4 is 11.9 Å². The van der Waals surface area contributed by atoms with Crippen LogP contribution in [-0.4, -0.2) is 23.6 Å². The third kappa shape index (κ3) is 4.01. The Morgan fingerprint density at radius 1 is 1.33 bits per heavy atom. The van der Waals surface area contributed by atoms with Gasteiger partial charge in [-0.25, -0.2) is 0 Å². The highest BCUT2D eigenvalue weighted by atomic mass is 16.5. The van der Waals surface area contributed by atoms with Crippen molar-refractivity contribution in [2.75, 3.05) is 6.61 Å². The number of aromatic nitrogens is 1. The van der Waals surface area contributed by atoms with E-state index in [9.17, 15) is 9.59 Å². The molecule has 1 saturated carbocycles. The first kappa shape index (κ1) is 16.2. The van der Waals surface area contributed by atoms with Crippen LogP contribution in [0.4, 0.5) is 0 Å². The van der Waals surface area contributed by atoms with Crippen molar-refractivity contribution in [1.82, 2.24) is 10.5 Å². The molecule has 0 aliphatic heterocycles. The van der Waals surface area contributed by atoms with Crippen LogP contribution in [0.15, 0.2) is 40.9 Å². The lowest BCUT2D eigenvalue weighted by Gasteiger charge is -2.17. The molecule has 1 N–H and O–H groups in total. The number of carbonyl (C=O) groups is 2. The zero-order valence-electron chi connectivity index (χ0n) is 13.5. The third-order valence-corrected chi connectivity index (χ3v) is 3.92. The van der Waals surface area contributed by atoms with Gasteiger partial charge in [-0.2, -0.15) is 0 Å². The molecule has 2 aromatic rings. The number of hydrogen-bond acceptors (Lipinski definition) is 5. The van der Waals surface area contributed by atoms with Gasteiger partial charge in [-0.05, 0) is 25.3 Å². The van der Waals surface area contributed by atoms with E-state index in [0.29, 0.717) is 12.5 Å². The molecule has 0 spiro atoms. The summed E-state index contributed by atoms with van der Waals surface area (Å²) >= 11 is 0. The highest BCUT2D eigenvalue weighted by Gasteiger charge is 2.29. The fourth-order valence-electron chi connectivity index (χ4n) is 2.51. The number of amides is 1. The second kappa shape index (κ2) is 7.29. The van der Waals surface area contributed by atoms with E-state index in [1.807, 2.05) is 30.3 Å². The topological polar surface area (TPSA) is 81.4 Å². The van der Waals surface area contributed by atoms with Crippen molar-refractivity contribution in [3.8, 4) is 0 Å². The van der Waals surface area contributed by atoms with Gasteiger partial charge in [-0.15, -0.1) is 0 Å². The molecule has 1 aliphatic carbocycles. The SMILES string of the molecule is CCOC(=O)CC(NC(=O)c1cc(C2CC2)on1)c1ccccc1. The van der Waals surface area contributed by atoms with Gasteiger partial charge in [0.2, 0.25) is 0 Å². The Morgan fingerprint density at radius 3 is 2.75 bits per heavy atom. The van der Waals surface area contributed by atoms with Crippen LogP contribution in [0, 0.1) is 0 Å². The zero-order chi connectivity index (χ0) is 16.9. The molecule has 1 unspecified atom stereocenters. The second-order valence-corrected chi connectivity index (χ2v) is 5.83. The van der Waals surface area contributed by atoms with E-state index in [1.165, 1.54) is 0 Å². The smallest absolute Gasteiger partial charge is 0.308 e. The summed E-state index contributed by atoms with van der Waals surface area (Å²) in [7, 11) is 0. The van der Waals surface area contributed by atoms with Crippen LogP contribution >= 0.6 is 0 Å². The van der Waals surface area contributed by atoms with Gasteiger partial charge >= 0.3 is 5.97 Å². The van der Waals surface area contributed by atoms with Crippen LogP contribution in [0.5, 0.6) is 0 Å². The van der Waals surface area contributed by atoms with E-state index in [0.717, 1.165) is 24.2 Å². The predicted molar refractivity (Wildman–Crippen MR) is 86.4 cm³/mol. The highest BCUT2D eigenvalue weighted by molar-refractivity contribution is 5.92. The largest absolute Gasteiger partial charge is 0.466 e. The minimum absolute atomic E-state index is 0.0664. The maximum atomic E-state index is 12.4. The Labute approximate surface area is 140 Å². The van der Waals surface area contributed by atoms with Crippen molar-refractivity contribution < 1.29 is 18.8 Å². The Hall–Kier alpha value is -2.63. The standard InChI is InChI=1S/C18H20N2O4/c1-2-23-17(21)11-14(12-6-4-3-5-7-12)19-18(22)15-10-16(24-20-15)13-8-9-13/h3-7,10,13-14H,2,8-9,11H2,1H3,(H,19,22). The molecule has 1 amide bonds. The summed E-state index contributed by atoms with van der Waals surface area (Å²) in [5.74, 6) is 0.430. The monoisotopic (exact) mass is 328 g/mol. The van der Waals surface area contributed by atoms with Crippen molar-refractivity contribution in [3.63, 3.8) is 0 Å². The van der Waals surface area contributed by atoms with E-state index in [-0.39, 0.29) is 24.0 Å². The van der Waals surface area contributed by atoms with E-state index >= 15 is 0 Å². The van der Waals surface area contributed by atoms with Crippen LogP contribution in [0.2, 0.25) is 0 Å². The Balaban J connectivity index is 1.72. The lowest BCUT2D eigenvalue weighted by Crippen LogP contribution is -2.30. The van der Waals surface area contributed by atoms with Crippen LogP contribution in [-0.2, 0) is 9.53 Å². The molecular weight excluding hydrogens is 308 g/mol. The number of esters is 1. The summed E-state index contributed by atoms with van der Waals surface area (Å²) in [5.41, 5.74) is 1.08. The lowest BCUT2D eigenvalue weighted by molar-refractivity contribution is -0.143. The van der Waals surface area contributed by atoms with Gasteiger partial charge in [0.05, 0.1) is 19.1 Å². The first-order valence-corrected chi connectivity index (χ1v) is 8.15. The Bertz CT molecular complexity index is 707. The summed E-state index contributed by atoms with van der Waals surface area (Å²) in [4.78, 5) is 24.3. The van der Waals surface area contributed by atoms with Crippen molar-refractivity contribution in [2.24, 2.45) is 0 Å². The normalized spacial score (nSPS) is 14.9. The minimum atomic E-state index is -0.473. The lowest BCUT2D eigenvalue weighted by atomic mass is 10.0. The average molecular weight is 328 g/mol. The molecule has 24 heavy (non-hydrogen) atoms. The first-order valence-electron chi connectivity index (χ1n) is 8.15. The molecule has 1 aromatic carbocycles. The first-order chi connectivity index (χ1) is 11.7. The number of benzene rings is 1. The molecule has 1 heterocycles. The number of nitrogens with one attached hydrogen (secondary N) is 1. The molecule has 3 rings (SSSR count). The second-order valence-electron chi connectivity index (χ2n) is 5.83. The molecule has 1 fully saturated rings. The van der Waals surface area contributed by atoms with Gasteiger partial charge in [0.1, 0.15) is 5.76 Å². The summed E-state index contributed by atoms with van der Waals surface area (Å²) in [5, 5.41) is 6.69. The molecule has 1 atom stereocenters. The third-order valence-electron chi connectivity index (χ3n) is 3.92. The van der Waals surface area contributed by atoms with E-state index in [1.54, 1.807) is 13.0 Å². The zero-order valence-corrected chi connectivity index (χ0v) is 13.5. The molecule has 1 aromatic heterocycles. The molecular formula is C18H20N2O4. The predicted octanol–water partition coefficient (Wildman–Crippen LogP) is 2.98. The summed E-state index contributed by atoms with van der Waals surface area (Å²) in [6.07, 6.45) is 2.22. The Kier molecular flexibility index (Phi) is 4.93. The molecule has 126 valence electrons. The number of nitrogens with zero attached hydrogens (tertiary/aromatic N) is 1. The molecule has 0 saturated heterocycles. The van der Waals surface area contributed by atoms with Gasteiger partial charge in [-0.3, -0.25) is 9.59 Å². The van der Waals surface area contributed by atoms with Crippen molar-refractivity contribution in [2.45, 2.75) is 38.1 Å². The van der Waals surface area contributed by atoms with Crippen LogP contribution in [0.3, 0.4) is 0 Å². The van der Waals surface area contributed by atoms with Gasteiger partial charge in [0.25, 0.3) is 5.91 Å². The van der Waals surface area contributed by atoms with E-state index < -0.39 is 6.04 Å². The molecule has 1 aliphatic rings. The number of carbonyl (C=O) groups excluding carboxylic acids is 2. The van der Waals surface area contributed by atoms with Crippen LogP contribution < -0.4 is 5.32 Å². The number of hydrogen-bond donors (Lipinski definition) is 1. The van der Waals surface area contributed by atoms with Gasteiger partial charge in [0.15, 0.2) is 5.69 Å². The average Bonchev–Trinajstić information content (AvgIpc) is 3.32. The molecule has 0 radical (unpaired) electrons. The number of rotatable bonds is 7. The van der Waals surface area contributed by atoms with Gasteiger partial charge in [-0.1, -0.05) is 35.5 Å². The summed E-state index contributed by atoms with van der Waals surface area (Å²) in [6.45, 7) is 2.06. The number of ether oxygens (including phenoxy) is 1.